The Morgan fingerprint density at radius 3 is 2.29 bits per heavy atom. The molecule has 21 heavy (non-hydrogen) atoms. The van der Waals surface area contributed by atoms with Gasteiger partial charge in [0.1, 0.15) is 11.5 Å². The number of sulfonamides is 1. The minimum atomic E-state index is -4.10. The SMILES string of the molecule is O=S(=O)(Nc1c(F)cc(F)cc1Cl)c1ccc(Cl)c(Br)c1. The minimum absolute atomic E-state index is 0.154. The molecular weight excluding hydrogens is 411 g/mol. The maximum Gasteiger partial charge on any atom is 0.262 e. The number of rotatable bonds is 3. The molecule has 0 aliphatic carbocycles. The van der Waals surface area contributed by atoms with Crippen molar-refractivity contribution in [3.63, 3.8) is 0 Å². The summed E-state index contributed by atoms with van der Waals surface area (Å²) < 4.78 is 53.2. The average molecular weight is 417 g/mol. The Bertz CT molecular complexity index is 792. The lowest BCUT2D eigenvalue weighted by Gasteiger charge is -2.11. The molecule has 0 aliphatic heterocycles. The lowest BCUT2D eigenvalue weighted by molar-refractivity contribution is 0.583. The van der Waals surface area contributed by atoms with Crippen LogP contribution in [0.1, 0.15) is 0 Å². The number of nitrogens with one attached hydrogen (secondary N) is 1. The zero-order valence-electron chi connectivity index (χ0n) is 10.0. The summed E-state index contributed by atoms with van der Waals surface area (Å²) in [4.78, 5) is -0.154. The van der Waals surface area contributed by atoms with Crippen molar-refractivity contribution in [2.75, 3.05) is 4.72 Å². The molecule has 0 saturated heterocycles. The van der Waals surface area contributed by atoms with Crippen molar-refractivity contribution in [1.82, 2.24) is 0 Å². The van der Waals surface area contributed by atoms with E-state index in [9.17, 15) is 17.2 Å². The van der Waals surface area contributed by atoms with Gasteiger partial charge in [-0.25, -0.2) is 17.2 Å². The van der Waals surface area contributed by atoms with Gasteiger partial charge in [0.15, 0.2) is 5.82 Å². The second-order valence-electron chi connectivity index (χ2n) is 3.93. The fraction of sp³-hybridized carbons (Fsp3) is 0. The minimum Gasteiger partial charge on any atom is -0.275 e. The first-order chi connectivity index (χ1) is 9.70. The van der Waals surface area contributed by atoms with Crippen molar-refractivity contribution in [1.29, 1.82) is 0 Å². The number of benzene rings is 2. The summed E-state index contributed by atoms with van der Waals surface area (Å²) in [7, 11) is -4.10. The highest BCUT2D eigenvalue weighted by Crippen LogP contribution is 2.30. The lowest BCUT2D eigenvalue weighted by Crippen LogP contribution is -2.14. The molecule has 9 heteroatoms. The van der Waals surface area contributed by atoms with Gasteiger partial charge in [0.05, 0.1) is 14.9 Å². The van der Waals surface area contributed by atoms with Crippen LogP contribution in [0.25, 0.3) is 0 Å². The van der Waals surface area contributed by atoms with Gasteiger partial charge in [0.2, 0.25) is 0 Å². The smallest absolute Gasteiger partial charge is 0.262 e. The predicted octanol–water partition coefficient (Wildman–Crippen LogP) is 4.83. The topological polar surface area (TPSA) is 46.2 Å². The van der Waals surface area contributed by atoms with Gasteiger partial charge < -0.3 is 0 Å². The molecule has 2 aromatic rings. The van der Waals surface area contributed by atoms with E-state index in [-0.39, 0.29) is 9.92 Å². The van der Waals surface area contributed by atoms with E-state index >= 15 is 0 Å². The fourth-order valence-electron chi connectivity index (χ4n) is 1.48. The van der Waals surface area contributed by atoms with Gasteiger partial charge in [-0.3, -0.25) is 4.72 Å². The summed E-state index contributed by atoms with van der Waals surface area (Å²) in [6.45, 7) is 0. The molecule has 0 saturated carbocycles. The average Bonchev–Trinajstić information content (AvgIpc) is 2.37. The first-order valence-electron chi connectivity index (χ1n) is 5.33. The summed E-state index contributed by atoms with van der Waals surface area (Å²) in [6, 6.07) is 5.19. The third-order valence-electron chi connectivity index (χ3n) is 2.44. The summed E-state index contributed by atoms with van der Waals surface area (Å²) in [5.74, 6) is -2.02. The van der Waals surface area contributed by atoms with E-state index in [1.807, 2.05) is 4.72 Å². The maximum atomic E-state index is 13.6. The second kappa shape index (κ2) is 6.08. The first kappa shape index (κ1) is 16.5. The third kappa shape index (κ3) is 3.66. The molecule has 1 N–H and O–H groups in total. The Labute approximate surface area is 138 Å². The molecule has 0 spiro atoms. The molecule has 0 atom stereocenters. The van der Waals surface area contributed by atoms with Crippen molar-refractivity contribution in [2.24, 2.45) is 0 Å². The van der Waals surface area contributed by atoms with E-state index in [0.29, 0.717) is 15.6 Å². The Hall–Kier alpha value is -0.890. The van der Waals surface area contributed by atoms with Crippen LogP contribution in [0.15, 0.2) is 39.7 Å². The second-order valence-corrected chi connectivity index (χ2v) is 7.28. The van der Waals surface area contributed by atoms with E-state index in [4.69, 9.17) is 23.2 Å². The lowest BCUT2D eigenvalue weighted by atomic mass is 10.3. The van der Waals surface area contributed by atoms with Crippen LogP contribution in [0.4, 0.5) is 14.5 Å². The molecule has 112 valence electrons. The van der Waals surface area contributed by atoms with E-state index in [1.165, 1.54) is 18.2 Å². The molecule has 2 aromatic carbocycles. The number of halogens is 5. The summed E-state index contributed by atoms with van der Waals surface area (Å²) in [5.41, 5.74) is -0.524. The van der Waals surface area contributed by atoms with Gasteiger partial charge in [-0.15, -0.1) is 0 Å². The van der Waals surface area contributed by atoms with Crippen molar-refractivity contribution in [3.8, 4) is 0 Å². The summed E-state index contributed by atoms with van der Waals surface area (Å²) in [5, 5.41) is -0.0657. The molecule has 0 bridgehead atoms. The van der Waals surface area contributed by atoms with Gasteiger partial charge in [0, 0.05) is 10.5 Å². The predicted molar refractivity (Wildman–Crippen MR) is 81.3 cm³/mol. The van der Waals surface area contributed by atoms with Crippen molar-refractivity contribution < 1.29 is 17.2 Å². The molecule has 0 amide bonds. The molecule has 2 rings (SSSR count). The highest BCUT2D eigenvalue weighted by Gasteiger charge is 2.20. The van der Waals surface area contributed by atoms with Gasteiger partial charge in [-0.05, 0) is 40.2 Å². The van der Waals surface area contributed by atoms with Gasteiger partial charge in [-0.1, -0.05) is 23.2 Å². The standard InChI is InChI=1S/C12H6BrCl2F2NO2S/c13-8-5-7(1-2-9(8)14)21(19,20)18-12-10(15)3-6(16)4-11(12)17/h1-5,18H. The van der Waals surface area contributed by atoms with E-state index in [0.717, 1.165) is 6.07 Å². The first-order valence-corrected chi connectivity index (χ1v) is 8.36. The number of anilines is 1. The van der Waals surface area contributed by atoms with E-state index in [2.05, 4.69) is 15.9 Å². The van der Waals surface area contributed by atoms with Crippen LogP contribution < -0.4 is 4.72 Å². The highest BCUT2D eigenvalue weighted by atomic mass is 79.9. The molecule has 0 aromatic heterocycles. The van der Waals surface area contributed by atoms with Crippen molar-refractivity contribution >= 4 is 54.8 Å². The normalized spacial score (nSPS) is 11.5. The van der Waals surface area contributed by atoms with Crippen LogP contribution in [-0.4, -0.2) is 8.42 Å². The Morgan fingerprint density at radius 1 is 1.05 bits per heavy atom. The van der Waals surface area contributed by atoms with Crippen LogP contribution in [0, 0.1) is 11.6 Å². The van der Waals surface area contributed by atoms with Gasteiger partial charge in [-0.2, -0.15) is 0 Å². The summed E-state index contributed by atoms with van der Waals surface area (Å²) >= 11 is 14.5. The Morgan fingerprint density at radius 2 is 1.71 bits per heavy atom. The quantitative estimate of drug-likeness (QED) is 0.778. The molecule has 0 fully saturated rings. The zero-order chi connectivity index (χ0) is 15.8. The van der Waals surface area contributed by atoms with Crippen LogP contribution in [0.5, 0.6) is 0 Å². The zero-order valence-corrected chi connectivity index (χ0v) is 13.9. The molecule has 0 aliphatic rings. The largest absolute Gasteiger partial charge is 0.275 e. The van der Waals surface area contributed by atoms with Crippen LogP contribution in [0.2, 0.25) is 10.0 Å². The van der Waals surface area contributed by atoms with E-state index < -0.39 is 27.3 Å². The molecule has 3 nitrogen and oxygen atoms in total. The molecule has 0 radical (unpaired) electrons. The van der Waals surface area contributed by atoms with E-state index in [1.54, 1.807) is 0 Å². The third-order valence-corrected chi connectivity index (χ3v) is 5.30. The van der Waals surface area contributed by atoms with Crippen LogP contribution in [0.3, 0.4) is 0 Å². The van der Waals surface area contributed by atoms with Crippen molar-refractivity contribution in [2.45, 2.75) is 4.90 Å². The Kier molecular flexibility index (Phi) is 4.77. The molecular formula is C12H6BrCl2F2NO2S. The molecule has 0 unspecified atom stereocenters. The van der Waals surface area contributed by atoms with Crippen molar-refractivity contribution in [3.05, 3.63) is 56.5 Å². The Balaban J connectivity index is 2.44. The van der Waals surface area contributed by atoms with Crippen LogP contribution >= 0.6 is 39.1 Å². The summed E-state index contributed by atoms with van der Waals surface area (Å²) in [6.07, 6.45) is 0. The number of hydrogen-bond acceptors (Lipinski definition) is 2. The van der Waals surface area contributed by atoms with Gasteiger partial charge in [0.25, 0.3) is 10.0 Å². The maximum absolute atomic E-state index is 13.6. The molecule has 0 heterocycles. The fourth-order valence-corrected chi connectivity index (χ4v) is 3.54. The highest BCUT2D eigenvalue weighted by molar-refractivity contribution is 9.10. The van der Waals surface area contributed by atoms with Crippen LogP contribution in [-0.2, 0) is 10.0 Å². The van der Waals surface area contributed by atoms with Gasteiger partial charge >= 0.3 is 0 Å². The number of hydrogen-bond donors (Lipinski definition) is 1. The monoisotopic (exact) mass is 415 g/mol.